The summed E-state index contributed by atoms with van der Waals surface area (Å²) < 4.78 is 5.53. The number of benzene rings is 1. The molecule has 0 aliphatic heterocycles. The molecule has 0 aromatic heterocycles. The maximum Gasteiger partial charge on any atom is 0.305 e. The molecular formula is C15H21NO4. The Morgan fingerprint density at radius 2 is 1.95 bits per heavy atom. The number of carboxylic acid groups (broad SMARTS) is 1. The van der Waals surface area contributed by atoms with E-state index >= 15 is 0 Å². The predicted molar refractivity (Wildman–Crippen MR) is 75.8 cm³/mol. The second-order valence-corrected chi connectivity index (χ2v) is 5.37. The zero-order valence-electron chi connectivity index (χ0n) is 12.1. The quantitative estimate of drug-likeness (QED) is 0.801. The summed E-state index contributed by atoms with van der Waals surface area (Å²) in [5.74, 6) is -0.401. The highest BCUT2D eigenvalue weighted by Gasteiger charge is 2.23. The first-order valence-corrected chi connectivity index (χ1v) is 6.51. The van der Waals surface area contributed by atoms with Crippen molar-refractivity contribution in [2.24, 2.45) is 0 Å². The third-order valence-corrected chi connectivity index (χ3v) is 2.75. The smallest absolute Gasteiger partial charge is 0.305 e. The van der Waals surface area contributed by atoms with E-state index in [9.17, 15) is 9.59 Å². The third kappa shape index (κ3) is 5.73. The summed E-state index contributed by atoms with van der Waals surface area (Å²) in [4.78, 5) is 22.4. The zero-order chi connectivity index (χ0) is 15.2. The first-order valence-electron chi connectivity index (χ1n) is 6.51. The van der Waals surface area contributed by atoms with Gasteiger partial charge in [-0.05, 0) is 32.4 Å². The topological polar surface area (TPSA) is 75.6 Å². The van der Waals surface area contributed by atoms with Crippen molar-refractivity contribution >= 4 is 11.9 Å². The van der Waals surface area contributed by atoms with Crippen molar-refractivity contribution in [1.82, 2.24) is 5.32 Å². The van der Waals surface area contributed by atoms with Crippen LogP contribution in [-0.2, 0) is 9.59 Å². The van der Waals surface area contributed by atoms with Gasteiger partial charge in [0.05, 0.1) is 19.4 Å². The SMILES string of the molecule is Cc1ccccc1OCCC(=O)NC(C)(C)CC(=O)O. The van der Waals surface area contributed by atoms with Gasteiger partial charge in [0.15, 0.2) is 0 Å². The van der Waals surface area contributed by atoms with Gasteiger partial charge >= 0.3 is 5.97 Å². The molecule has 0 radical (unpaired) electrons. The minimum absolute atomic E-state index is 0.114. The first-order chi connectivity index (χ1) is 9.30. The van der Waals surface area contributed by atoms with Crippen molar-refractivity contribution in [3.05, 3.63) is 29.8 Å². The molecule has 5 heteroatoms. The number of para-hydroxylation sites is 1. The Balaban J connectivity index is 2.37. The number of aryl methyl sites for hydroxylation is 1. The van der Waals surface area contributed by atoms with E-state index in [4.69, 9.17) is 9.84 Å². The molecule has 0 bridgehead atoms. The highest BCUT2D eigenvalue weighted by Crippen LogP contribution is 2.16. The average Bonchev–Trinajstić information content (AvgIpc) is 2.29. The van der Waals surface area contributed by atoms with Crippen LogP contribution >= 0.6 is 0 Å². The van der Waals surface area contributed by atoms with Crippen molar-refractivity contribution in [2.75, 3.05) is 6.61 Å². The molecule has 0 unspecified atom stereocenters. The molecule has 110 valence electrons. The molecule has 0 saturated carbocycles. The van der Waals surface area contributed by atoms with Gasteiger partial charge in [0.1, 0.15) is 5.75 Å². The van der Waals surface area contributed by atoms with E-state index in [-0.39, 0.29) is 25.4 Å². The van der Waals surface area contributed by atoms with Crippen LogP contribution in [0.25, 0.3) is 0 Å². The number of hydrogen-bond acceptors (Lipinski definition) is 3. The Kier molecular flexibility index (Phi) is 5.55. The molecule has 1 rings (SSSR count). The summed E-state index contributed by atoms with van der Waals surface area (Å²) in [6, 6.07) is 7.58. The molecule has 5 nitrogen and oxygen atoms in total. The molecule has 2 N–H and O–H groups in total. The highest BCUT2D eigenvalue weighted by molar-refractivity contribution is 5.78. The van der Waals surface area contributed by atoms with Crippen molar-refractivity contribution in [3.63, 3.8) is 0 Å². The van der Waals surface area contributed by atoms with Crippen molar-refractivity contribution < 1.29 is 19.4 Å². The lowest BCUT2D eigenvalue weighted by Gasteiger charge is -2.24. The van der Waals surface area contributed by atoms with E-state index in [1.54, 1.807) is 13.8 Å². The average molecular weight is 279 g/mol. The number of hydrogen-bond donors (Lipinski definition) is 2. The summed E-state index contributed by atoms with van der Waals surface area (Å²) in [7, 11) is 0. The molecular weight excluding hydrogens is 258 g/mol. The Bertz CT molecular complexity index is 483. The fourth-order valence-electron chi connectivity index (χ4n) is 1.83. The van der Waals surface area contributed by atoms with E-state index in [0.29, 0.717) is 0 Å². The minimum Gasteiger partial charge on any atom is -0.493 e. The summed E-state index contributed by atoms with van der Waals surface area (Å²) >= 11 is 0. The van der Waals surface area contributed by atoms with Gasteiger partial charge in [0, 0.05) is 5.54 Å². The molecule has 20 heavy (non-hydrogen) atoms. The van der Waals surface area contributed by atoms with Gasteiger partial charge in [-0.3, -0.25) is 9.59 Å². The fourth-order valence-corrected chi connectivity index (χ4v) is 1.83. The van der Waals surface area contributed by atoms with Crippen LogP contribution in [0.2, 0.25) is 0 Å². The standard InChI is InChI=1S/C15H21NO4/c1-11-6-4-5-7-12(11)20-9-8-13(17)16-15(2,3)10-14(18)19/h4-7H,8-10H2,1-3H3,(H,16,17)(H,18,19). The van der Waals surface area contributed by atoms with Crippen LogP contribution in [0.1, 0.15) is 32.3 Å². The molecule has 0 atom stereocenters. The highest BCUT2D eigenvalue weighted by atomic mass is 16.5. The van der Waals surface area contributed by atoms with E-state index in [1.165, 1.54) is 0 Å². The van der Waals surface area contributed by atoms with Crippen LogP contribution in [0, 0.1) is 6.92 Å². The number of rotatable bonds is 7. The van der Waals surface area contributed by atoms with Crippen molar-refractivity contribution in [2.45, 2.75) is 39.2 Å². The van der Waals surface area contributed by atoms with Gasteiger partial charge in [-0.1, -0.05) is 18.2 Å². The van der Waals surface area contributed by atoms with Gasteiger partial charge in [-0.15, -0.1) is 0 Å². The van der Waals surface area contributed by atoms with E-state index in [0.717, 1.165) is 11.3 Å². The molecule has 0 saturated heterocycles. The molecule has 1 aromatic carbocycles. The van der Waals surface area contributed by atoms with E-state index in [2.05, 4.69) is 5.32 Å². The maximum atomic E-state index is 11.7. The number of ether oxygens (including phenoxy) is 1. The number of aliphatic carboxylic acids is 1. The van der Waals surface area contributed by atoms with Crippen LogP contribution in [0.4, 0.5) is 0 Å². The Hall–Kier alpha value is -2.04. The van der Waals surface area contributed by atoms with Gasteiger partial charge in [-0.2, -0.15) is 0 Å². The monoisotopic (exact) mass is 279 g/mol. The molecule has 1 aromatic rings. The molecule has 0 aliphatic carbocycles. The summed E-state index contributed by atoms with van der Waals surface area (Å²) in [5, 5.41) is 11.4. The van der Waals surface area contributed by atoms with E-state index in [1.807, 2.05) is 31.2 Å². The second-order valence-electron chi connectivity index (χ2n) is 5.37. The molecule has 0 fully saturated rings. The summed E-state index contributed by atoms with van der Waals surface area (Å²) in [5.41, 5.74) is 0.255. The zero-order valence-corrected chi connectivity index (χ0v) is 12.1. The number of nitrogens with one attached hydrogen (secondary N) is 1. The summed E-state index contributed by atoms with van der Waals surface area (Å²) in [6.45, 7) is 5.56. The normalized spacial score (nSPS) is 10.9. The van der Waals surface area contributed by atoms with Crippen LogP contribution in [0.15, 0.2) is 24.3 Å². The van der Waals surface area contributed by atoms with Crippen LogP contribution in [0.3, 0.4) is 0 Å². The Morgan fingerprint density at radius 1 is 1.30 bits per heavy atom. The number of carbonyl (C=O) groups excluding carboxylic acids is 1. The Labute approximate surface area is 118 Å². The van der Waals surface area contributed by atoms with Crippen molar-refractivity contribution in [3.8, 4) is 5.75 Å². The fraction of sp³-hybridized carbons (Fsp3) is 0.467. The Morgan fingerprint density at radius 3 is 2.55 bits per heavy atom. The largest absolute Gasteiger partial charge is 0.493 e. The summed E-state index contributed by atoms with van der Waals surface area (Å²) in [6.07, 6.45) is 0.0781. The minimum atomic E-state index is -0.938. The maximum absolute atomic E-state index is 11.7. The van der Waals surface area contributed by atoms with Gasteiger partial charge in [0.25, 0.3) is 0 Å². The van der Waals surface area contributed by atoms with E-state index < -0.39 is 11.5 Å². The number of carboxylic acids is 1. The lowest BCUT2D eigenvalue weighted by Crippen LogP contribution is -2.45. The second kappa shape index (κ2) is 6.93. The first kappa shape index (κ1) is 16.0. The number of carbonyl (C=O) groups is 2. The molecule has 0 heterocycles. The molecule has 1 amide bonds. The lowest BCUT2D eigenvalue weighted by molar-refractivity contribution is -0.138. The van der Waals surface area contributed by atoms with Gasteiger partial charge in [-0.25, -0.2) is 0 Å². The number of amides is 1. The molecule has 0 aliphatic rings. The molecule has 0 spiro atoms. The lowest BCUT2D eigenvalue weighted by atomic mass is 10.0. The van der Waals surface area contributed by atoms with Crippen LogP contribution in [0.5, 0.6) is 5.75 Å². The van der Waals surface area contributed by atoms with Gasteiger partial charge < -0.3 is 15.2 Å². The van der Waals surface area contributed by atoms with Crippen LogP contribution in [-0.4, -0.2) is 29.1 Å². The van der Waals surface area contributed by atoms with Crippen LogP contribution < -0.4 is 10.1 Å². The third-order valence-electron chi connectivity index (χ3n) is 2.75. The van der Waals surface area contributed by atoms with Gasteiger partial charge in [0.2, 0.25) is 5.91 Å². The van der Waals surface area contributed by atoms with Crippen molar-refractivity contribution in [1.29, 1.82) is 0 Å². The predicted octanol–water partition coefficient (Wildman–Crippen LogP) is 2.13.